The highest BCUT2D eigenvalue weighted by Gasteiger charge is 2.42. The van der Waals surface area contributed by atoms with Crippen molar-refractivity contribution in [2.24, 2.45) is 11.5 Å². The van der Waals surface area contributed by atoms with Crippen LogP contribution in [0.1, 0.15) is 12.8 Å². The summed E-state index contributed by atoms with van der Waals surface area (Å²) in [5, 5.41) is 0. The number of nitrogens with two attached hydrogens (primary N) is 2. The van der Waals surface area contributed by atoms with Crippen molar-refractivity contribution in [3.8, 4) is 0 Å². The quantitative estimate of drug-likeness (QED) is 0.532. The molecule has 0 aromatic rings. The van der Waals surface area contributed by atoms with Crippen molar-refractivity contribution in [3.05, 3.63) is 0 Å². The van der Waals surface area contributed by atoms with Gasteiger partial charge < -0.3 is 24.5 Å². The summed E-state index contributed by atoms with van der Waals surface area (Å²) in [7, 11) is -6.70. The Hall–Kier alpha value is 0.451. The zero-order valence-electron chi connectivity index (χ0n) is 13.2. The zero-order valence-corrected chi connectivity index (χ0v) is 16.2. The van der Waals surface area contributed by atoms with Crippen molar-refractivity contribution in [2.75, 3.05) is 13.1 Å². The average molecular weight is 325 g/mol. The Kier molecular flexibility index (Phi) is 8.22. The van der Waals surface area contributed by atoms with Crippen LogP contribution in [0.3, 0.4) is 0 Å². The predicted octanol–water partition coefficient (Wildman–Crippen LogP) is 1.69. The lowest BCUT2D eigenvalue weighted by Gasteiger charge is -2.38. The SMILES string of the molecule is C[Si](C)(C)O[Si](C)(CCCN)O[Si](C)(O)CCCN. The molecule has 0 aliphatic rings. The first kappa shape index (κ1) is 19.5. The fourth-order valence-electron chi connectivity index (χ4n) is 2.14. The Morgan fingerprint density at radius 1 is 0.842 bits per heavy atom. The van der Waals surface area contributed by atoms with Crippen molar-refractivity contribution >= 4 is 25.4 Å². The third-order valence-electron chi connectivity index (χ3n) is 2.64. The van der Waals surface area contributed by atoms with Crippen LogP contribution < -0.4 is 11.5 Å². The molecule has 5 nitrogen and oxygen atoms in total. The second kappa shape index (κ2) is 8.03. The summed E-state index contributed by atoms with van der Waals surface area (Å²) < 4.78 is 12.4. The summed E-state index contributed by atoms with van der Waals surface area (Å²) in [6, 6.07) is 1.52. The van der Waals surface area contributed by atoms with Gasteiger partial charge in [-0.3, -0.25) is 0 Å². The van der Waals surface area contributed by atoms with E-state index in [4.69, 9.17) is 19.7 Å². The van der Waals surface area contributed by atoms with Crippen molar-refractivity contribution in [1.29, 1.82) is 0 Å². The van der Waals surface area contributed by atoms with Gasteiger partial charge in [-0.05, 0) is 70.8 Å². The lowest BCUT2D eigenvalue weighted by molar-refractivity contribution is 0.310. The van der Waals surface area contributed by atoms with Crippen LogP contribution in [0.4, 0.5) is 0 Å². The van der Waals surface area contributed by atoms with Gasteiger partial charge in [0.25, 0.3) is 0 Å². The van der Waals surface area contributed by atoms with Crippen LogP contribution in [0.15, 0.2) is 0 Å². The van der Waals surface area contributed by atoms with Gasteiger partial charge in [-0.1, -0.05) is 0 Å². The first-order valence-corrected chi connectivity index (χ1v) is 15.6. The van der Waals surface area contributed by atoms with Crippen LogP contribution in [0.25, 0.3) is 0 Å². The van der Waals surface area contributed by atoms with E-state index >= 15 is 0 Å². The van der Waals surface area contributed by atoms with Crippen molar-refractivity contribution < 1.29 is 13.0 Å². The molecule has 5 N–H and O–H groups in total. The van der Waals surface area contributed by atoms with Gasteiger partial charge in [-0.15, -0.1) is 0 Å². The predicted molar refractivity (Wildman–Crippen MR) is 87.9 cm³/mol. The molecule has 0 rings (SSSR count). The Morgan fingerprint density at radius 2 is 1.32 bits per heavy atom. The highest BCUT2D eigenvalue weighted by molar-refractivity contribution is 6.86. The minimum absolute atomic E-state index is 0.586. The van der Waals surface area contributed by atoms with Gasteiger partial charge in [0.15, 0.2) is 8.32 Å². The fraction of sp³-hybridized carbons (Fsp3) is 1.00. The maximum Gasteiger partial charge on any atom is 0.323 e. The van der Waals surface area contributed by atoms with E-state index in [0.717, 1.165) is 18.9 Å². The second-order valence-corrected chi connectivity index (χ2v) is 17.9. The topological polar surface area (TPSA) is 90.7 Å². The van der Waals surface area contributed by atoms with Gasteiger partial charge in [-0.25, -0.2) is 0 Å². The molecule has 2 atom stereocenters. The molecular formula is C11H32N2O3Si3. The monoisotopic (exact) mass is 324 g/mol. The first-order chi connectivity index (χ1) is 8.54. The molecule has 0 heterocycles. The second-order valence-electron chi connectivity index (χ2n) is 6.41. The summed E-state index contributed by atoms with van der Waals surface area (Å²) in [6.45, 7) is 11.6. The van der Waals surface area contributed by atoms with E-state index in [1.807, 2.05) is 6.55 Å². The molecule has 19 heavy (non-hydrogen) atoms. The molecule has 116 valence electrons. The van der Waals surface area contributed by atoms with E-state index < -0.39 is 25.4 Å². The standard InChI is InChI=1S/C11H32N2O3Si3/c1-17(2,3)15-19(5,11-7-9-13)16-18(4,14)10-6-8-12/h14H,6-13H2,1-5H3. The Balaban J connectivity index is 4.73. The number of rotatable bonds is 10. The Morgan fingerprint density at radius 3 is 1.74 bits per heavy atom. The van der Waals surface area contributed by atoms with Gasteiger partial charge in [0.2, 0.25) is 0 Å². The lowest BCUT2D eigenvalue weighted by Crippen LogP contribution is -2.54. The van der Waals surface area contributed by atoms with Crippen molar-refractivity contribution in [2.45, 2.75) is 57.7 Å². The molecule has 0 amide bonds. The molecule has 0 aromatic heterocycles. The van der Waals surface area contributed by atoms with E-state index in [1.54, 1.807) is 0 Å². The molecule has 0 fully saturated rings. The fourth-order valence-corrected chi connectivity index (χ4v) is 14.5. The minimum Gasteiger partial charge on any atom is -0.437 e. The Labute approximate surface area is 121 Å². The molecular weight excluding hydrogens is 292 g/mol. The molecule has 0 radical (unpaired) electrons. The number of hydrogen-bond acceptors (Lipinski definition) is 5. The molecule has 0 saturated carbocycles. The normalized spacial score (nSPS) is 18.9. The smallest absolute Gasteiger partial charge is 0.323 e. The summed E-state index contributed by atoms with van der Waals surface area (Å²) in [5.74, 6) is 0. The zero-order chi connectivity index (χ0) is 15.2. The third kappa shape index (κ3) is 9.91. The molecule has 0 bridgehead atoms. The summed E-state index contributed by atoms with van der Waals surface area (Å²) in [5.41, 5.74) is 11.1. The van der Waals surface area contributed by atoms with Gasteiger partial charge in [-0.2, -0.15) is 0 Å². The summed E-state index contributed by atoms with van der Waals surface area (Å²) in [4.78, 5) is 10.5. The van der Waals surface area contributed by atoms with E-state index in [2.05, 4.69) is 26.2 Å². The Bertz CT molecular complexity index is 262. The van der Waals surface area contributed by atoms with E-state index in [1.165, 1.54) is 0 Å². The molecule has 0 aliphatic heterocycles. The molecule has 2 unspecified atom stereocenters. The molecule has 0 spiro atoms. The van der Waals surface area contributed by atoms with Crippen molar-refractivity contribution in [1.82, 2.24) is 0 Å². The van der Waals surface area contributed by atoms with Gasteiger partial charge in [0.05, 0.1) is 0 Å². The van der Waals surface area contributed by atoms with Crippen LogP contribution in [0.5, 0.6) is 0 Å². The van der Waals surface area contributed by atoms with Crippen LogP contribution in [-0.4, -0.2) is 43.3 Å². The van der Waals surface area contributed by atoms with E-state index in [0.29, 0.717) is 19.1 Å². The molecule has 0 aromatic carbocycles. The van der Waals surface area contributed by atoms with Crippen LogP contribution in [0, 0.1) is 0 Å². The highest BCUT2D eigenvalue weighted by Crippen LogP contribution is 2.26. The lowest BCUT2D eigenvalue weighted by atomic mass is 10.5. The molecule has 0 aliphatic carbocycles. The van der Waals surface area contributed by atoms with Gasteiger partial charge in [0, 0.05) is 0 Å². The van der Waals surface area contributed by atoms with Crippen LogP contribution in [0.2, 0.25) is 44.8 Å². The summed E-state index contributed by atoms with van der Waals surface area (Å²) in [6.07, 6.45) is 1.68. The number of hydrogen-bond donors (Lipinski definition) is 3. The first-order valence-electron chi connectivity index (χ1n) is 7.06. The summed E-state index contributed by atoms with van der Waals surface area (Å²) >= 11 is 0. The third-order valence-corrected chi connectivity index (χ3v) is 12.8. The maximum absolute atomic E-state index is 10.5. The molecule has 0 saturated heterocycles. The average Bonchev–Trinajstić information content (AvgIpc) is 2.20. The van der Waals surface area contributed by atoms with Crippen molar-refractivity contribution in [3.63, 3.8) is 0 Å². The maximum atomic E-state index is 10.5. The van der Waals surface area contributed by atoms with Gasteiger partial charge in [0.1, 0.15) is 0 Å². The van der Waals surface area contributed by atoms with Crippen LogP contribution in [-0.2, 0) is 8.23 Å². The van der Waals surface area contributed by atoms with Crippen LogP contribution >= 0.6 is 0 Å². The van der Waals surface area contributed by atoms with E-state index in [9.17, 15) is 4.80 Å². The minimum atomic E-state index is -2.67. The van der Waals surface area contributed by atoms with Gasteiger partial charge >= 0.3 is 17.1 Å². The largest absolute Gasteiger partial charge is 0.437 e. The van der Waals surface area contributed by atoms with E-state index in [-0.39, 0.29) is 0 Å². The molecule has 8 heteroatoms. The highest BCUT2D eigenvalue weighted by atomic mass is 28.5.